The van der Waals surface area contributed by atoms with E-state index < -0.39 is 12.4 Å². The highest BCUT2D eigenvalue weighted by Crippen LogP contribution is 2.30. The van der Waals surface area contributed by atoms with Crippen LogP contribution in [0.3, 0.4) is 0 Å². The first kappa shape index (κ1) is 21.5. The molecular weight excluding hydrogens is 429 g/mol. The lowest BCUT2D eigenvalue weighted by atomic mass is 10.1. The predicted molar refractivity (Wildman–Crippen MR) is 120 cm³/mol. The number of pyridine rings is 1. The van der Waals surface area contributed by atoms with Gasteiger partial charge in [-0.3, -0.25) is 4.79 Å². The number of ether oxygens (including phenoxy) is 1. The Morgan fingerprint density at radius 2 is 2.09 bits per heavy atom. The number of hydrogen-bond donors (Lipinski definition) is 2. The number of likely N-dealkylation sites (tertiary alicyclic amines) is 1. The molecule has 2 N–H and O–H groups in total. The number of nitrogens with one attached hydrogen (secondary N) is 1. The van der Waals surface area contributed by atoms with Crippen molar-refractivity contribution in [1.29, 1.82) is 0 Å². The summed E-state index contributed by atoms with van der Waals surface area (Å²) in [5.41, 5.74) is 1.52. The average Bonchev–Trinajstić information content (AvgIpc) is 3.30. The summed E-state index contributed by atoms with van der Waals surface area (Å²) in [5.74, 6) is -0.158. The molecule has 2 saturated heterocycles. The lowest BCUT2D eigenvalue weighted by Crippen LogP contribution is -2.46. The zero-order valence-electron chi connectivity index (χ0n) is 18.2. The Hall–Kier alpha value is -3.31. The molecule has 0 aromatic carbocycles. The Morgan fingerprint density at radius 1 is 1.24 bits per heavy atom. The summed E-state index contributed by atoms with van der Waals surface area (Å²) in [6.07, 6.45) is 5.03. The summed E-state index contributed by atoms with van der Waals surface area (Å²) in [5, 5.41) is 16.8. The summed E-state index contributed by atoms with van der Waals surface area (Å²) >= 11 is 0. The van der Waals surface area contributed by atoms with Gasteiger partial charge in [-0.1, -0.05) is 6.07 Å². The van der Waals surface area contributed by atoms with Gasteiger partial charge in [0.05, 0.1) is 30.5 Å². The highest BCUT2D eigenvalue weighted by atomic mass is 19.1. The number of rotatable bonds is 5. The number of nitrogens with zero attached hydrogens (tertiary/aromatic N) is 6. The Morgan fingerprint density at radius 3 is 2.91 bits per heavy atom. The van der Waals surface area contributed by atoms with Crippen LogP contribution in [0.1, 0.15) is 12.8 Å². The summed E-state index contributed by atoms with van der Waals surface area (Å²) in [4.78, 5) is 24.5. The van der Waals surface area contributed by atoms with Crippen LogP contribution in [0.4, 0.5) is 16.0 Å². The van der Waals surface area contributed by atoms with Crippen LogP contribution >= 0.6 is 0 Å². The van der Waals surface area contributed by atoms with Crippen molar-refractivity contribution >= 4 is 23.1 Å². The average molecular weight is 455 g/mol. The van der Waals surface area contributed by atoms with E-state index in [1.165, 1.54) is 0 Å². The van der Waals surface area contributed by atoms with Crippen LogP contribution < -0.4 is 10.2 Å². The lowest BCUT2D eigenvalue weighted by molar-refractivity contribution is -0.135. The highest BCUT2D eigenvalue weighted by Gasteiger charge is 2.27. The Bertz CT molecular complexity index is 1150. The molecule has 0 bridgehead atoms. The van der Waals surface area contributed by atoms with Gasteiger partial charge in [0, 0.05) is 38.4 Å². The summed E-state index contributed by atoms with van der Waals surface area (Å²) in [6.45, 7) is 2.48. The maximum atomic E-state index is 15.7. The minimum atomic E-state index is -0.533. The number of halogens is 1. The molecule has 0 radical (unpaired) electrons. The number of aliphatic hydroxyl groups excluding tert-OH is 1. The number of morpholine rings is 1. The van der Waals surface area contributed by atoms with Gasteiger partial charge in [-0.25, -0.2) is 14.5 Å². The molecule has 1 atom stereocenters. The minimum absolute atomic E-state index is 0.0973. The number of carbonyl (C=O) groups excluding carboxylic acids is 1. The van der Waals surface area contributed by atoms with Gasteiger partial charge >= 0.3 is 0 Å². The van der Waals surface area contributed by atoms with Crippen LogP contribution in [0, 0.1) is 5.82 Å². The molecule has 2 aliphatic heterocycles. The SMILES string of the molecule is O=C(CO)N1CCC[C@@H](Nc2nc(-c3cnn4ccccc34)nc(N3CCOCC3)c2F)C1. The van der Waals surface area contributed by atoms with Crippen LogP contribution in [-0.4, -0.2) is 87.5 Å². The van der Waals surface area contributed by atoms with Crippen molar-refractivity contribution in [2.24, 2.45) is 0 Å². The Labute approximate surface area is 190 Å². The molecule has 3 aromatic heterocycles. The predicted octanol–water partition coefficient (Wildman–Crippen LogP) is 1.16. The molecule has 2 aliphatic rings. The smallest absolute Gasteiger partial charge is 0.248 e. The van der Waals surface area contributed by atoms with E-state index in [0.717, 1.165) is 18.4 Å². The first-order chi connectivity index (χ1) is 16.1. The second-order valence-corrected chi connectivity index (χ2v) is 8.20. The normalized spacial score (nSPS) is 19.2. The molecule has 174 valence electrons. The van der Waals surface area contributed by atoms with Crippen molar-refractivity contribution in [3.63, 3.8) is 0 Å². The van der Waals surface area contributed by atoms with E-state index in [1.807, 2.05) is 29.3 Å². The second kappa shape index (κ2) is 9.28. The van der Waals surface area contributed by atoms with Crippen molar-refractivity contribution in [1.82, 2.24) is 24.5 Å². The fourth-order valence-electron chi connectivity index (χ4n) is 4.36. The fraction of sp³-hybridized carbons (Fsp3) is 0.455. The number of amides is 1. The molecule has 5 heterocycles. The van der Waals surface area contributed by atoms with Crippen LogP contribution in [0.15, 0.2) is 30.6 Å². The third-order valence-corrected chi connectivity index (χ3v) is 6.06. The van der Waals surface area contributed by atoms with Gasteiger partial charge < -0.3 is 25.0 Å². The first-order valence-electron chi connectivity index (χ1n) is 11.1. The molecule has 1 amide bonds. The van der Waals surface area contributed by atoms with E-state index in [0.29, 0.717) is 50.8 Å². The third kappa shape index (κ3) is 4.33. The molecule has 2 fully saturated rings. The lowest BCUT2D eigenvalue weighted by Gasteiger charge is -2.33. The molecule has 33 heavy (non-hydrogen) atoms. The third-order valence-electron chi connectivity index (χ3n) is 6.06. The topological polar surface area (TPSA) is 108 Å². The number of aliphatic hydroxyl groups is 1. The van der Waals surface area contributed by atoms with Crippen molar-refractivity contribution in [3.05, 3.63) is 36.4 Å². The van der Waals surface area contributed by atoms with E-state index in [1.54, 1.807) is 15.6 Å². The quantitative estimate of drug-likeness (QED) is 0.590. The Balaban J connectivity index is 1.52. The molecule has 0 unspecified atom stereocenters. The van der Waals surface area contributed by atoms with Gasteiger partial charge in [0.1, 0.15) is 6.61 Å². The van der Waals surface area contributed by atoms with Gasteiger partial charge in [-0.05, 0) is 25.0 Å². The first-order valence-corrected chi connectivity index (χ1v) is 11.1. The molecule has 11 heteroatoms. The summed E-state index contributed by atoms with van der Waals surface area (Å²) in [6, 6.07) is 5.51. The van der Waals surface area contributed by atoms with Crippen molar-refractivity contribution in [2.45, 2.75) is 18.9 Å². The molecule has 0 saturated carbocycles. The van der Waals surface area contributed by atoms with Gasteiger partial charge in [-0.15, -0.1) is 0 Å². The minimum Gasteiger partial charge on any atom is -0.387 e. The van der Waals surface area contributed by atoms with Crippen molar-refractivity contribution in [3.8, 4) is 11.4 Å². The van der Waals surface area contributed by atoms with Gasteiger partial charge in [0.15, 0.2) is 17.5 Å². The zero-order chi connectivity index (χ0) is 22.8. The summed E-state index contributed by atoms with van der Waals surface area (Å²) in [7, 11) is 0. The molecule has 0 spiro atoms. The maximum Gasteiger partial charge on any atom is 0.248 e. The molecule has 10 nitrogen and oxygen atoms in total. The Kier molecular flexibility index (Phi) is 6.05. The fourth-order valence-corrected chi connectivity index (χ4v) is 4.36. The second-order valence-electron chi connectivity index (χ2n) is 8.20. The van der Waals surface area contributed by atoms with E-state index in [2.05, 4.69) is 20.4 Å². The number of fused-ring (bicyclic) bond motifs is 1. The van der Waals surface area contributed by atoms with Crippen molar-refractivity contribution in [2.75, 3.05) is 56.2 Å². The number of piperidine rings is 1. The van der Waals surface area contributed by atoms with Crippen LogP contribution in [0.5, 0.6) is 0 Å². The number of aromatic nitrogens is 4. The van der Waals surface area contributed by atoms with E-state index in [4.69, 9.17) is 4.74 Å². The van der Waals surface area contributed by atoms with Gasteiger partial charge in [0.2, 0.25) is 11.7 Å². The van der Waals surface area contributed by atoms with Gasteiger partial charge in [0.25, 0.3) is 0 Å². The zero-order valence-corrected chi connectivity index (χ0v) is 18.2. The largest absolute Gasteiger partial charge is 0.387 e. The summed E-state index contributed by atoms with van der Waals surface area (Å²) < 4.78 is 22.8. The van der Waals surface area contributed by atoms with Crippen LogP contribution in [-0.2, 0) is 9.53 Å². The molecule has 5 rings (SSSR count). The highest BCUT2D eigenvalue weighted by molar-refractivity contribution is 5.78. The monoisotopic (exact) mass is 455 g/mol. The van der Waals surface area contributed by atoms with Crippen molar-refractivity contribution < 1.29 is 19.0 Å². The van der Waals surface area contributed by atoms with Gasteiger partial charge in [-0.2, -0.15) is 9.49 Å². The standard InChI is InChI=1S/C22H26FN7O3/c23-19-21(25-15-4-3-6-29(13-15)18(32)14-31)26-20(27-22(19)28-8-10-33-11-9-28)16-12-24-30-7-2-1-5-17(16)30/h1-2,5,7,12,15,31H,3-4,6,8-11,13-14H2,(H,25,26,27)/t15-/m1/s1. The molecule has 3 aromatic rings. The molecule has 0 aliphatic carbocycles. The maximum absolute atomic E-state index is 15.7. The van der Waals surface area contributed by atoms with E-state index in [9.17, 15) is 9.90 Å². The number of carbonyl (C=O) groups is 1. The van der Waals surface area contributed by atoms with E-state index >= 15 is 4.39 Å². The van der Waals surface area contributed by atoms with E-state index in [-0.39, 0.29) is 23.6 Å². The van der Waals surface area contributed by atoms with Crippen LogP contribution in [0.2, 0.25) is 0 Å². The number of hydrogen-bond acceptors (Lipinski definition) is 8. The van der Waals surface area contributed by atoms with Crippen LogP contribution in [0.25, 0.3) is 16.9 Å². The molecular formula is C22H26FN7O3. The number of anilines is 2.